The number of hydrogen-bond donors (Lipinski definition) is 2. The van der Waals surface area contributed by atoms with Crippen molar-refractivity contribution in [2.75, 3.05) is 52.1 Å². The number of halogens is 1. The van der Waals surface area contributed by atoms with Gasteiger partial charge in [-0.05, 0) is 19.3 Å². The van der Waals surface area contributed by atoms with Crippen molar-refractivity contribution in [2.45, 2.75) is 49.8 Å². The van der Waals surface area contributed by atoms with Crippen LogP contribution in [0.3, 0.4) is 0 Å². The number of hydrogen-bond acceptors (Lipinski definition) is 7. The van der Waals surface area contributed by atoms with Gasteiger partial charge in [-0.1, -0.05) is 0 Å². The molecule has 0 aromatic heterocycles. The normalized spacial score (nSPS) is 29.4. The fourth-order valence-electron chi connectivity index (χ4n) is 1.97. The third-order valence-electron chi connectivity index (χ3n) is 3.77. The van der Waals surface area contributed by atoms with Gasteiger partial charge in [-0.2, -0.15) is 0 Å². The maximum absolute atomic E-state index is 8.28. The summed E-state index contributed by atoms with van der Waals surface area (Å²) in [5, 5.41) is 16.3. The summed E-state index contributed by atoms with van der Waals surface area (Å²) >= 11 is 5.04. The summed E-state index contributed by atoms with van der Waals surface area (Å²) in [5.74, 6) is 0.108. The molecule has 0 aliphatic carbocycles. The van der Waals surface area contributed by atoms with Crippen molar-refractivity contribution in [1.29, 1.82) is 0 Å². The minimum absolute atomic E-state index is 0.108. The van der Waals surface area contributed by atoms with Gasteiger partial charge in [0.25, 0.3) is 0 Å². The van der Waals surface area contributed by atoms with E-state index in [1.807, 2.05) is 0 Å². The molecule has 3 heterocycles. The second-order valence-corrected chi connectivity index (χ2v) is 6.59. The number of alkyl halides is 1. The van der Waals surface area contributed by atoms with Crippen LogP contribution in [0.25, 0.3) is 0 Å². The zero-order valence-corrected chi connectivity index (χ0v) is 14.7. The molecule has 0 aromatic carbocycles. The highest BCUT2D eigenvalue weighted by Crippen LogP contribution is 2.19. The minimum atomic E-state index is -0.744. The lowest BCUT2D eigenvalue weighted by molar-refractivity contribution is -0.0289. The van der Waals surface area contributed by atoms with Gasteiger partial charge in [-0.25, -0.2) is 0 Å². The van der Waals surface area contributed by atoms with Crippen molar-refractivity contribution >= 4 is 11.6 Å². The Kier molecular flexibility index (Phi) is 9.82. The first-order valence-corrected chi connectivity index (χ1v) is 9.13. The van der Waals surface area contributed by atoms with Gasteiger partial charge in [-0.15, -0.1) is 11.6 Å². The van der Waals surface area contributed by atoms with Gasteiger partial charge >= 0.3 is 0 Å². The van der Waals surface area contributed by atoms with E-state index >= 15 is 0 Å². The zero-order chi connectivity index (χ0) is 17.2. The maximum atomic E-state index is 8.28. The Morgan fingerprint density at radius 1 is 1.04 bits per heavy atom. The van der Waals surface area contributed by atoms with E-state index in [1.54, 1.807) is 0 Å². The molecule has 3 aliphatic heterocycles. The highest BCUT2D eigenvalue weighted by molar-refractivity contribution is 6.18. The summed E-state index contributed by atoms with van der Waals surface area (Å²) < 4.78 is 26.9. The topological polar surface area (TPSA) is 96.5 Å². The van der Waals surface area contributed by atoms with Crippen LogP contribution in [0.2, 0.25) is 0 Å². The van der Waals surface area contributed by atoms with Crippen LogP contribution in [-0.2, 0) is 23.7 Å². The van der Waals surface area contributed by atoms with E-state index < -0.39 is 6.10 Å². The van der Waals surface area contributed by atoms with Gasteiger partial charge in [0.2, 0.25) is 0 Å². The molecule has 2 N–H and O–H groups in total. The van der Waals surface area contributed by atoms with E-state index in [4.69, 9.17) is 45.5 Å². The Morgan fingerprint density at radius 3 is 2.17 bits per heavy atom. The van der Waals surface area contributed by atoms with Crippen molar-refractivity contribution in [3.05, 3.63) is 0 Å². The molecule has 0 bridgehead atoms. The average Bonchev–Trinajstić information content (AvgIpc) is 3.44. The van der Waals surface area contributed by atoms with Crippen LogP contribution in [0.4, 0.5) is 0 Å². The number of aliphatic hydroxyl groups is 2. The van der Waals surface area contributed by atoms with Crippen molar-refractivity contribution in [1.82, 2.24) is 0 Å². The number of ether oxygens (including phenoxy) is 5. The first kappa shape index (κ1) is 20.3. The Balaban J connectivity index is 0.000000301. The SMILES string of the molecule is C(CC(COCC1CO1)OCC1CO1)CC1CO1.OCC(O)CCl. The van der Waals surface area contributed by atoms with Crippen molar-refractivity contribution in [2.24, 2.45) is 0 Å². The number of rotatable bonds is 13. The van der Waals surface area contributed by atoms with Crippen LogP contribution in [0, 0.1) is 0 Å². The number of epoxide rings is 3. The van der Waals surface area contributed by atoms with E-state index in [0.29, 0.717) is 38.1 Å². The van der Waals surface area contributed by atoms with Gasteiger partial charge in [-0.3, -0.25) is 0 Å². The average molecular weight is 369 g/mol. The Bertz CT molecular complexity index is 300. The van der Waals surface area contributed by atoms with Crippen LogP contribution in [-0.4, -0.2) is 92.9 Å². The minimum Gasteiger partial charge on any atom is -0.394 e. The molecule has 3 rings (SSSR count). The second-order valence-electron chi connectivity index (χ2n) is 6.28. The van der Waals surface area contributed by atoms with E-state index in [-0.39, 0.29) is 18.6 Å². The van der Waals surface area contributed by atoms with E-state index in [1.165, 1.54) is 0 Å². The van der Waals surface area contributed by atoms with Crippen molar-refractivity contribution < 1.29 is 33.9 Å². The highest BCUT2D eigenvalue weighted by atomic mass is 35.5. The molecule has 3 fully saturated rings. The molecule has 0 amide bonds. The summed E-state index contributed by atoms with van der Waals surface area (Å²) in [5.41, 5.74) is 0. The Labute approximate surface area is 148 Å². The molecule has 5 atom stereocenters. The summed E-state index contributed by atoms with van der Waals surface area (Å²) in [7, 11) is 0. The molecule has 0 spiro atoms. The smallest absolute Gasteiger partial charge is 0.104 e. The Hall–Kier alpha value is 0.01000. The summed E-state index contributed by atoms with van der Waals surface area (Å²) in [6, 6.07) is 0. The van der Waals surface area contributed by atoms with Crippen LogP contribution in [0.1, 0.15) is 19.3 Å². The quantitative estimate of drug-likeness (QED) is 0.357. The highest BCUT2D eigenvalue weighted by Gasteiger charge is 2.27. The van der Waals surface area contributed by atoms with E-state index in [2.05, 4.69) is 0 Å². The fourth-order valence-corrected chi connectivity index (χ4v) is 2.07. The van der Waals surface area contributed by atoms with Crippen LogP contribution >= 0.6 is 11.6 Å². The van der Waals surface area contributed by atoms with Gasteiger partial charge in [0, 0.05) is 0 Å². The molecular weight excluding hydrogens is 340 g/mol. The number of aliphatic hydroxyl groups excluding tert-OH is 2. The van der Waals surface area contributed by atoms with Crippen molar-refractivity contribution in [3.8, 4) is 0 Å². The summed E-state index contributed by atoms with van der Waals surface area (Å²) in [6.45, 7) is 4.46. The molecule has 24 heavy (non-hydrogen) atoms. The summed E-state index contributed by atoms with van der Waals surface area (Å²) in [6.07, 6.45) is 3.94. The molecule has 8 heteroatoms. The molecule has 3 aliphatic rings. The predicted molar refractivity (Wildman–Crippen MR) is 87.4 cm³/mol. The standard InChI is InChI=1S/C13H22O5.C3H7ClO2/c1(3-11-6-15-11)2-10(16-8-13-9-18-13)4-14-5-12-7-17-12;4-1-3(6)2-5/h10-13H,1-9H2;3,5-6H,1-2H2. The first-order chi connectivity index (χ1) is 11.7. The van der Waals surface area contributed by atoms with Crippen LogP contribution in [0.15, 0.2) is 0 Å². The lowest BCUT2D eigenvalue weighted by Crippen LogP contribution is -2.23. The molecule has 3 saturated heterocycles. The third-order valence-corrected chi connectivity index (χ3v) is 4.13. The van der Waals surface area contributed by atoms with Gasteiger partial charge < -0.3 is 33.9 Å². The van der Waals surface area contributed by atoms with E-state index in [0.717, 1.165) is 39.1 Å². The predicted octanol–water partition coefficient (Wildman–Crippen LogP) is 0.333. The van der Waals surface area contributed by atoms with E-state index in [9.17, 15) is 0 Å². The fraction of sp³-hybridized carbons (Fsp3) is 1.00. The van der Waals surface area contributed by atoms with Crippen molar-refractivity contribution in [3.63, 3.8) is 0 Å². The van der Waals surface area contributed by atoms with Crippen LogP contribution in [0.5, 0.6) is 0 Å². The lowest BCUT2D eigenvalue weighted by Gasteiger charge is -2.17. The van der Waals surface area contributed by atoms with Gasteiger partial charge in [0.1, 0.15) is 12.2 Å². The third kappa shape index (κ3) is 10.8. The van der Waals surface area contributed by atoms with Gasteiger partial charge in [0.05, 0.1) is 70.4 Å². The lowest BCUT2D eigenvalue weighted by atomic mass is 10.1. The van der Waals surface area contributed by atoms with Crippen LogP contribution < -0.4 is 0 Å². The molecule has 0 aromatic rings. The molecule has 0 radical (unpaired) electrons. The zero-order valence-electron chi connectivity index (χ0n) is 14.0. The monoisotopic (exact) mass is 368 g/mol. The second kappa shape index (κ2) is 11.6. The molecule has 0 saturated carbocycles. The largest absolute Gasteiger partial charge is 0.394 e. The molecular formula is C16H29ClO7. The molecule has 7 nitrogen and oxygen atoms in total. The molecule has 142 valence electrons. The first-order valence-electron chi connectivity index (χ1n) is 8.60. The van der Waals surface area contributed by atoms with Gasteiger partial charge in [0.15, 0.2) is 0 Å². The maximum Gasteiger partial charge on any atom is 0.104 e. The Morgan fingerprint density at radius 2 is 1.67 bits per heavy atom. The summed E-state index contributed by atoms with van der Waals surface area (Å²) in [4.78, 5) is 0. The molecule has 5 unspecified atom stereocenters.